The van der Waals surface area contributed by atoms with Gasteiger partial charge >= 0.3 is 0 Å². The molecule has 0 aliphatic rings. The highest BCUT2D eigenvalue weighted by molar-refractivity contribution is 9.11. The lowest BCUT2D eigenvalue weighted by molar-refractivity contribution is 1.04. The molecule has 1 aromatic rings. The Balaban J connectivity index is 2.45. The SMILES string of the molecule is N=C(N)CCc1ccc(Br)s1. The van der Waals surface area contributed by atoms with Crippen LogP contribution in [0, 0.1) is 5.41 Å². The van der Waals surface area contributed by atoms with E-state index in [9.17, 15) is 0 Å². The fourth-order valence-electron chi connectivity index (χ4n) is 0.744. The number of thiophene rings is 1. The molecule has 1 heterocycles. The fourth-order valence-corrected chi connectivity index (χ4v) is 2.23. The normalized spacial score (nSPS) is 9.91. The molecule has 0 saturated heterocycles. The quantitative estimate of drug-likeness (QED) is 0.611. The van der Waals surface area contributed by atoms with Crippen molar-refractivity contribution in [1.82, 2.24) is 0 Å². The van der Waals surface area contributed by atoms with E-state index in [0.717, 1.165) is 10.2 Å². The van der Waals surface area contributed by atoms with Crippen molar-refractivity contribution in [2.24, 2.45) is 5.73 Å². The summed E-state index contributed by atoms with van der Waals surface area (Å²) in [6.45, 7) is 0. The lowest BCUT2D eigenvalue weighted by atomic mass is 10.2. The Hall–Kier alpha value is -0.350. The van der Waals surface area contributed by atoms with Gasteiger partial charge in [-0.2, -0.15) is 0 Å². The highest BCUT2D eigenvalue weighted by Gasteiger charge is 1.97. The maximum Gasteiger partial charge on any atom is 0.0908 e. The third kappa shape index (κ3) is 3.03. The molecule has 1 aromatic heterocycles. The lowest BCUT2D eigenvalue weighted by Gasteiger charge is -1.93. The second kappa shape index (κ2) is 3.88. The highest BCUT2D eigenvalue weighted by atomic mass is 79.9. The van der Waals surface area contributed by atoms with Crippen LogP contribution in [0.1, 0.15) is 11.3 Å². The molecule has 2 nitrogen and oxygen atoms in total. The van der Waals surface area contributed by atoms with Gasteiger partial charge in [-0.15, -0.1) is 11.3 Å². The molecule has 0 bridgehead atoms. The minimum Gasteiger partial charge on any atom is -0.388 e. The first-order valence-corrected chi connectivity index (χ1v) is 4.86. The average molecular weight is 233 g/mol. The molecular formula is C7H9BrN2S. The van der Waals surface area contributed by atoms with Gasteiger partial charge in [0.15, 0.2) is 0 Å². The predicted octanol–water partition coefficient (Wildman–Crippen LogP) is 2.38. The zero-order valence-corrected chi connectivity index (χ0v) is 8.33. The molecule has 0 atom stereocenters. The van der Waals surface area contributed by atoms with E-state index >= 15 is 0 Å². The van der Waals surface area contributed by atoms with Crippen LogP contribution in [0.4, 0.5) is 0 Å². The number of aryl methyl sites for hydroxylation is 1. The van der Waals surface area contributed by atoms with Crippen molar-refractivity contribution in [3.8, 4) is 0 Å². The van der Waals surface area contributed by atoms with Crippen LogP contribution in [0.15, 0.2) is 15.9 Å². The number of rotatable bonds is 3. The summed E-state index contributed by atoms with van der Waals surface area (Å²) in [4.78, 5) is 1.27. The number of nitrogens with two attached hydrogens (primary N) is 1. The van der Waals surface area contributed by atoms with Crippen molar-refractivity contribution in [3.63, 3.8) is 0 Å². The van der Waals surface area contributed by atoms with E-state index in [2.05, 4.69) is 22.0 Å². The van der Waals surface area contributed by atoms with Crippen LogP contribution in [0.5, 0.6) is 0 Å². The van der Waals surface area contributed by atoms with Crippen LogP contribution < -0.4 is 5.73 Å². The van der Waals surface area contributed by atoms with Crippen LogP contribution in [-0.4, -0.2) is 5.84 Å². The lowest BCUT2D eigenvalue weighted by Crippen LogP contribution is -2.09. The first kappa shape index (κ1) is 8.74. The van der Waals surface area contributed by atoms with Gasteiger partial charge in [0.1, 0.15) is 0 Å². The monoisotopic (exact) mass is 232 g/mol. The van der Waals surface area contributed by atoms with Crippen molar-refractivity contribution in [2.45, 2.75) is 12.8 Å². The predicted molar refractivity (Wildman–Crippen MR) is 52.3 cm³/mol. The molecule has 0 radical (unpaired) electrons. The Bertz CT molecular complexity index is 257. The molecule has 0 saturated carbocycles. The van der Waals surface area contributed by atoms with Crippen LogP contribution in [-0.2, 0) is 6.42 Å². The number of hydrogen-bond donors (Lipinski definition) is 2. The van der Waals surface area contributed by atoms with Gasteiger partial charge in [0.2, 0.25) is 0 Å². The van der Waals surface area contributed by atoms with Gasteiger partial charge in [-0.05, 0) is 34.5 Å². The molecule has 0 fully saturated rings. The smallest absolute Gasteiger partial charge is 0.0908 e. The van der Waals surface area contributed by atoms with E-state index in [-0.39, 0.29) is 5.84 Å². The third-order valence-corrected chi connectivity index (χ3v) is 2.95. The molecule has 0 aromatic carbocycles. The van der Waals surface area contributed by atoms with Crippen LogP contribution in [0.25, 0.3) is 0 Å². The molecule has 60 valence electrons. The Kier molecular flexibility index (Phi) is 3.08. The van der Waals surface area contributed by atoms with Gasteiger partial charge in [0.25, 0.3) is 0 Å². The first-order valence-electron chi connectivity index (χ1n) is 3.25. The van der Waals surface area contributed by atoms with Gasteiger partial charge in [0, 0.05) is 11.3 Å². The maximum atomic E-state index is 7.02. The van der Waals surface area contributed by atoms with Gasteiger partial charge in [-0.3, -0.25) is 5.41 Å². The third-order valence-electron chi connectivity index (χ3n) is 1.27. The van der Waals surface area contributed by atoms with Crippen LogP contribution in [0.3, 0.4) is 0 Å². The molecule has 0 aliphatic heterocycles. The summed E-state index contributed by atoms with van der Waals surface area (Å²) in [5, 5.41) is 7.02. The Labute approximate surface area is 78.1 Å². The summed E-state index contributed by atoms with van der Waals surface area (Å²) in [7, 11) is 0. The molecular weight excluding hydrogens is 224 g/mol. The van der Waals surface area contributed by atoms with Gasteiger partial charge in [-0.1, -0.05) is 0 Å². The van der Waals surface area contributed by atoms with Gasteiger partial charge in [0.05, 0.1) is 9.62 Å². The molecule has 0 unspecified atom stereocenters. The van der Waals surface area contributed by atoms with Gasteiger partial charge in [-0.25, -0.2) is 0 Å². The molecule has 1 rings (SSSR count). The van der Waals surface area contributed by atoms with Crippen molar-refractivity contribution in [2.75, 3.05) is 0 Å². The Morgan fingerprint density at radius 3 is 2.82 bits per heavy atom. The van der Waals surface area contributed by atoms with Gasteiger partial charge < -0.3 is 5.73 Å². The van der Waals surface area contributed by atoms with E-state index in [1.807, 2.05) is 6.07 Å². The zero-order chi connectivity index (χ0) is 8.27. The minimum absolute atomic E-state index is 0.259. The topological polar surface area (TPSA) is 49.9 Å². The molecule has 4 heteroatoms. The number of halogens is 1. The number of hydrogen-bond acceptors (Lipinski definition) is 2. The van der Waals surface area contributed by atoms with Crippen molar-refractivity contribution >= 4 is 33.1 Å². The summed E-state index contributed by atoms with van der Waals surface area (Å²) in [6.07, 6.45) is 1.54. The van der Waals surface area contributed by atoms with Crippen LogP contribution in [0.2, 0.25) is 0 Å². The van der Waals surface area contributed by atoms with E-state index in [0.29, 0.717) is 6.42 Å². The second-order valence-corrected chi connectivity index (χ2v) is 4.78. The largest absolute Gasteiger partial charge is 0.388 e. The summed E-state index contributed by atoms with van der Waals surface area (Å²) in [6, 6.07) is 4.07. The second-order valence-electron chi connectivity index (χ2n) is 2.23. The minimum atomic E-state index is 0.259. The fraction of sp³-hybridized carbons (Fsp3) is 0.286. The van der Waals surface area contributed by atoms with Crippen molar-refractivity contribution < 1.29 is 0 Å². The zero-order valence-electron chi connectivity index (χ0n) is 5.93. The van der Waals surface area contributed by atoms with E-state index in [1.165, 1.54) is 4.88 Å². The van der Waals surface area contributed by atoms with Crippen molar-refractivity contribution in [1.29, 1.82) is 5.41 Å². The molecule has 0 amide bonds. The van der Waals surface area contributed by atoms with Crippen LogP contribution >= 0.6 is 27.3 Å². The summed E-state index contributed by atoms with van der Waals surface area (Å²) in [5.41, 5.74) is 5.22. The first-order chi connectivity index (χ1) is 5.18. The summed E-state index contributed by atoms with van der Waals surface area (Å²) in [5.74, 6) is 0.259. The summed E-state index contributed by atoms with van der Waals surface area (Å²) < 4.78 is 1.14. The van der Waals surface area contributed by atoms with Crippen molar-refractivity contribution in [3.05, 3.63) is 20.8 Å². The number of amidine groups is 1. The maximum absolute atomic E-state index is 7.02. The Morgan fingerprint density at radius 1 is 1.64 bits per heavy atom. The molecule has 0 aliphatic carbocycles. The van der Waals surface area contributed by atoms with E-state index in [4.69, 9.17) is 11.1 Å². The molecule has 0 spiro atoms. The average Bonchev–Trinajstić information content (AvgIpc) is 2.31. The van der Waals surface area contributed by atoms with E-state index < -0.39 is 0 Å². The Morgan fingerprint density at radius 2 is 2.36 bits per heavy atom. The van der Waals surface area contributed by atoms with E-state index in [1.54, 1.807) is 11.3 Å². The molecule has 3 N–H and O–H groups in total. The molecule has 11 heavy (non-hydrogen) atoms. The standard InChI is InChI=1S/C7H9BrN2S/c8-6-3-1-5(11-6)2-4-7(9)10/h1,3H,2,4H2,(H3,9,10). The highest BCUT2D eigenvalue weighted by Crippen LogP contribution is 2.22. The summed E-state index contributed by atoms with van der Waals surface area (Å²) >= 11 is 5.07. The number of nitrogens with one attached hydrogen (secondary N) is 1.